The lowest BCUT2D eigenvalue weighted by molar-refractivity contribution is -0.129. The fraction of sp³-hybridized carbons (Fsp3) is 0.526. The minimum absolute atomic E-state index is 0.00263. The Bertz CT molecular complexity index is 731. The van der Waals surface area contributed by atoms with Crippen LogP contribution in [0.1, 0.15) is 36.5 Å². The number of benzene rings is 1. The summed E-state index contributed by atoms with van der Waals surface area (Å²) >= 11 is 0. The number of nitrogens with two attached hydrogens (primary N) is 1. The van der Waals surface area contributed by atoms with Crippen molar-refractivity contribution >= 4 is 17.8 Å². The second-order valence-electron chi connectivity index (χ2n) is 7.28. The van der Waals surface area contributed by atoms with Gasteiger partial charge in [-0.25, -0.2) is 4.99 Å². The van der Waals surface area contributed by atoms with Crippen molar-refractivity contribution in [2.24, 2.45) is 16.6 Å². The van der Waals surface area contributed by atoms with Crippen molar-refractivity contribution in [1.29, 1.82) is 0 Å². The number of guanidine groups is 1. The number of likely N-dealkylation sites (tertiary alicyclic amines) is 1. The average molecular weight is 358 g/mol. The lowest BCUT2D eigenvalue weighted by atomic mass is 9.77. The zero-order chi connectivity index (χ0) is 18.9. The summed E-state index contributed by atoms with van der Waals surface area (Å²) in [5.74, 6) is 1.05. The van der Waals surface area contributed by atoms with Crippen LogP contribution in [-0.2, 0) is 4.79 Å². The zero-order valence-electron chi connectivity index (χ0n) is 15.6. The molecular formula is C19H26N4O3. The number of methoxy groups -OCH3 is 1. The number of nitrogens with zero attached hydrogens (tertiary/aromatic N) is 3. The summed E-state index contributed by atoms with van der Waals surface area (Å²) < 4.78 is 5.15. The van der Waals surface area contributed by atoms with Crippen LogP contribution in [0.4, 0.5) is 0 Å². The zero-order valence-corrected chi connectivity index (χ0v) is 15.6. The molecule has 0 aliphatic carbocycles. The molecule has 1 aromatic rings. The van der Waals surface area contributed by atoms with E-state index in [2.05, 4.69) is 4.99 Å². The Morgan fingerprint density at radius 1 is 1.35 bits per heavy atom. The molecule has 0 aromatic heterocycles. The van der Waals surface area contributed by atoms with E-state index in [0.29, 0.717) is 25.1 Å². The summed E-state index contributed by atoms with van der Waals surface area (Å²) in [5, 5.41) is 0. The Balaban J connectivity index is 1.76. The molecule has 26 heavy (non-hydrogen) atoms. The standard InChI is InChI=1S/C19H26N4O3/c1-19(11-16(24)22(2)18(20)21-19)14-5-4-10-23(12-14)17(25)13-6-8-15(26-3)9-7-13/h6-9,14H,4-5,10-12H2,1-3H3,(H2,20,21)/t14?,19-/m0/s1. The number of piperidine rings is 1. The molecular weight excluding hydrogens is 332 g/mol. The molecule has 140 valence electrons. The molecule has 3 rings (SSSR count). The van der Waals surface area contributed by atoms with Gasteiger partial charge in [0.05, 0.1) is 19.1 Å². The van der Waals surface area contributed by atoms with Crippen LogP contribution in [-0.4, -0.2) is 60.4 Å². The van der Waals surface area contributed by atoms with Crippen molar-refractivity contribution in [3.05, 3.63) is 29.8 Å². The minimum atomic E-state index is -0.563. The highest BCUT2D eigenvalue weighted by atomic mass is 16.5. The lowest BCUT2D eigenvalue weighted by Crippen LogP contribution is -2.54. The van der Waals surface area contributed by atoms with E-state index in [1.165, 1.54) is 4.90 Å². The van der Waals surface area contributed by atoms with Crippen LogP contribution in [0.5, 0.6) is 5.75 Å². The molecule has 7 nitrogen and oxygen atoms in total. The largest absolute Gasteiger partial charge is 0.497 e. The molecule has 2 atom stereocenters. The predicted molar refractivity (Wildman–Crippen MR) is 99.0 cm³/mol. The Hall–Kier alpha value is -2.57. The van der Waals surface area contributed by atoms with Gasteiger partial charge in [-0.3, -0.25) is 14.5 Å². The second kappa shape index (κ2) is 6.97. The molecule has 1 unspecified atom stereocenters. The number of ether oxygens (including phenoxy) is 1. The van der Waals surface area contributed by atoms with Gasteiger partial charge in [0.1, 0.15) is 5.75 Å². The van der Waals surface area contributed by atoms with Crippen molar-refractivity contribution in [1.82, 2.24) is 9.80 Å². The summed E-state index contributed by atoms with van der Waals surface area (Å²) in [4.78, 5) is 32.9. The fourth-order valence-electron chi connectivity index (χ4n) is 3.75. The topological polar surface area (TPSA) is 88.2 Å². The van der Waals surface area contributed by atoms with E-state index in [1.54, 1.807) is 38.4 Å². The Morgan fingerprint density at radius 2 is 2.04 bits per heavy atom. The van der Waals surface area contributed by atoms with Gasteiger partial charge in [0.15, 0.2) is 5.96 Å². The van der Waals surface area contributed by atoms with Gasteiger partial charge in [0.2, 0.25) is 5.91 Å². The second-order valence-corrected chi connectivity index (χ2v) is 7.28. The van der Waals surface area contributed by atoms with Crippen LogP contribution < -0.4 is 10.5 Å². The molecule has 0 spiro atoms. The van der Waals surface area contributed by atoms with Gasteiger partial charge in [0, 0.05) is 31.6 Å². The van der Waals surface area contributed by atoms with Crippen molar-refractivity contribution in [3.63, 3.8) is 0 Å². The molecule has 2 amide bonds. The number of carbonyl (C=O) groups excluding carboxylic acids is 2. The number of aliphatic imine (C=N–C) groups is 1. The van der Waals surface area contributed by atoms with Crippen molar-refractivity contribution in [2.45, 2.75) is 31.7 Å². The summed E-state index contributed by atoms with van der Waals surface area (Å²) in [6, 6.07) is 7.14. The van der Waals surface area contributed by atoms with Crippen molar-refractivity contribution in [2.75, 3.05) is 27.2 Å². The third-order valence-electron chi connectivity index (χ3n) is 5.52. The highest BCUT2D eigenvalue weighted by Gasteiger charge is 2.43. The number of rotatable bonds is 3. The molecule has 0 bridgehead atoms. The maximum Gasteiger partial charge on any atom is 0.253 e. The van der Waals surface area contributed by atoms with Gasteiger partial charge in [-0.15, -0.1) is 0 Å². The summed E-state index contributed by atoms with van der Waals surface area (Å²) in [6.07, 6.45) is 2.14. The van der Waals surface area contributed by atoms with E-state index in [-0.39, 0.29) is 23.7 Å². The first kappa shape index (κ1) is 18.2. The van der Waals surface area contributed by atoms with Crippen LogP contribution in [0, 0.1) is 5.92 Å². The van der Waals surface area contributed by atoms with E-state index in [1.807, 2.05) is 11.8 Å². The summed E-state index contributed by atoms with van der Waals surface area (Å²) in [6.45, 7) is 3.26. The molecule has 2 N–H and O–H groups in total. The Labute approximate surface area is 153 Å². The van der Waals surface area contributed by atoms with E-state index < -0.39 is 5.54 Å². The fourth-order valence-corrected chi connectivity index (χ4v) is 3.75. The number of hydrogen-bond acceptors (Lipinski definition) is 5. The van der Waals surface area contributed by atoms with Crippen molar-refractivity contribution in [3.8, 4) is 5.75 Å². The maximum absolute atomic E-state index is 12.9. The molecule has 0 radical (unpaired) electrons. The van der Waals surface area contributed by atoms with E-state index in [9.17, 15) is 9.59 Å². The van der Waals surface area contributed by atoms with Crippen molar-refractivity contribution < 1.29 is 14.3 Å². The Kier molecular flexibility index (Phi) is 4.89. The molecule has 0 saturated carbocycles. The van der Waals surface area contributed by atoms with Crippen LogP contribution in [0.2, 0.25) is 0 Å². The first-order chi connectivity index (χ1) is 12.3. The first-order valence-electron chi connectivity index (χ1n) is 8.89. The van der Waals surface area contributed by atoms with Gasteiger partial charge in [-0.1, -0.05) is 0 Å². The van der Waals surface area contributed by atoms with Crippen LogP contribution >= 0.6 is 0 Å². The molecule has 1 fully saturated rings. The molecule has 2 heterocycles. The number of amides is 2. The van der Waals surface area contributed by atoms with Gasteiger partial charge >= 0.3 is 0 Å². The number of carbonyl (C=O) groups is 2. The highest BCUT2D eigenvalue weighted by molar-refractivity contribution is 5.98. The Morgan fingerprint density at radius 3 is 2.65 bits per heavy atom. The van der Waals surface area contributed by atoms with Gasteiger partial charge in [-0.2, -0.15) is 0 Å². The lowest BCUT2D eigenvalue weighted by Gasteiger charge is -2.43. The predicted octanol–water partition coefficient (Wildman–Crippen LogP) is 1.48. The molecule has 7 heteroatoms. The van der Waals surface area contributed by atoms with E-state index in [4.69, 9.17) is 10.5 Å². The summed E-state index contributed by atoms with van der Waals surface area (Å²) in [5.41, 5.74) is 6.00. The monoisotopic (exact) mass is 358 g/mol. The first-order valence-corrected chi connectivity index (χ1v) is 8.89. The third kappa shape index (κ3) is 3.38. The smallest absolute Gasteiger partial charge is 0.253 e. The highest BCUT2D eigenvalue weighted by Crippen LogP contribution is 2.36. The normalized spacial score (nSPS) is 26.5. The molecule has 2 aliphatic rings. The minimum Gasteiger partial charge on any atom is -0.497 e. The van der Waals surface area contributed by atoms with Crippen LogP contribution in [0.15, 0.2) is 29.3 Å². The van der Waals surface area contributed by atoms with Gasteiger partial charge in [-0.05, 0) is 44.0 Å². The van der Waals surface area contributed by atoms with Crippen LogP contribution in [0.3, 0.4) is 0 Å². The quantitative estimate of drug-likeness (QED) is 0.886. The molecule has 2 aliphatic heterocycles. The van der Waals surface area contributed by atoms with Gasteiger partial charge in [0.25, 0.3) is 5.91 Å². The molecule has 1 saturated heterocycles. The van der Waals surface area contributed by atoms with Crippen LogP contribution in [0.25, 0.3) is 0 Å². The molecule has 1 aromatic carbocycles. The number of hydrogen-bond donors (Lipinski definition) is 1. The SMILES string of the molecule is COc1ccc(C(=O)N2CCCC([C@]3(C)CC(=O)N(C)C(N)=N3)C2)cc1. The summed E-state index contributed by atoms with van der Waals surface area (Å²) in [7, 11) is 3.24. The average Bonchev–Trinajstić information content (AvgIpc) is 2.65. The maximum atomic E-state index is 12.9. The van der Waals surface area contributed by atoms with Gasteiger partial charge < -0.3 is 15.4 Å². The van der Waals surface area contributed by atoms with E-state index >= 15 is 0 Å². The third-order valence-corrected chi connectivity index (χ3v) is 5.52. The van der Waals surface area contributed by atoms with E-state index in [0.717, 1.165) is 18.6 Å².